The number of methoxy groups -OCH3 is 2. The molecule has 5 heteroatoms. The molecule has 1 saturated heterocycles. The van der Waals surface area contributed by atoms with Crippen LogP contribution in [0.15, 0.2) is 42.5 Å². The summed E-state index contributed by atoms with van der Waals surface area (Å²) in [4.78, 5) is 15.6. The standard InChI is InChI=1S/C24H30N2O3/c1-17-10-11-18(15-22(17)29-3)24(12-13-24)23(27)25-19-7-6-14-26(16-19)20-8-4-5-9-21(20)28-2/h4-5,8-11,15,19H,6-7,12-14,16H2,1-3H3,(H,25,27). The maximum Gasteiger partial charge on any atom is 0.230 e. The largest absolute Gasteiger partial charge is 0.496 e. The van der Waals surface area contributed by atoms with Crippen molar-refractivity contribution in [2.24, 2.45) is 0 Å². The van der Waals surface area contributed by atoms with Gasteiger partial charge in [-0.25, -0.2) is 0 Å². The van der Waals surface area contributed by atoms with Gasteiger partial charge in [0.2, 0.25) is 5.91 Å². The van der Waals surface area contributed by atoms with Gasteiger partial charge in [0.25, 0.3) is 0 Å². The Morgan fingerprint density at radius 3 is 2.59 bits per heavy atom. The molecule has 0 spiro atoms. The Kier molecular flexibility index (Phi) is 5.39. The number of hydrogen-bond donors (Lipinski definition) is 1. The first-order valence-electron chi connectivity index (χ1n) is 10.4. The van der Waals surface area contributed by atoms with E-state index in [4.69, 9.17) is 9.47 Å². The Hall–Kier alpha value is -2.69. The topological polar surface area (TPSA) is 50.8 Å². The number of anilines is 1. The zero-order chi connectivity index (χ0) is 20.4. The van der Waals surface area contributed by atoms with E-state index in [1.165, 1.54) is 0 Å². The van der Waals surface area contributed by atoms with Gasteiger partial charge in [0.15, 0.2) is 0 Å². The highest BCUT2D eigenvalue weighted by Gasteiger charge is 2.52. The predicted molar refractivity (Wildman–Crippen MR) is 115 cm³/mol. The Morgan fingerprint density at radius 1 is 1.10 bits per heavy atom. The van der Waals surface area contributed by atoms with Gasteiger partial charge in [-0.05, 0) is 61.9 Å². The summed E-state index contributed by atoms with van der Waals surface area (Å²) in [7, 11) is 3.38. The molecule has 0 radical (unpaired) electrons. The lowest BCUT2D eigenvalue weighted by atomic mass is 9.92. The van der Waals surface area contributed by atoms with E-state index in [1.54, 1.807) is 14.2 Å². The average molecular weight is 395 g/mol. The van der Waals surface area contributed by atoms with Crippen molar-refractivity contribution in [2.75, 3.05) is 32.2 Å². The van der Waals surface area contributed by atoms with Crippen molar-refractivity contribution in [1.82, 2.24) is 5.32 Å². The van der Waals surface area contributed by atoms with E-state index in [2.05, 4.69) is 22.3 Å². The lowest BCUT2D eigenvalue weighted by Crippen LogP contribution is -2.50. The third-order valence-corrected chi connectivity index (χ3v) is 6.33. The molecule has 2 fully saturated rings. The molecular formula is C24H30N2O3. The number of nitrogens with zero attached hydrogens (tertiary/aromatic N) is 1. The number of benzene rings is 2. The van der Waals surface area contributed by atoms with E-state index in [1.807, 2.05) is 37.3 Å². The summed E-state index contributed by atoms with van der Waals surface area (Å²) in [5, 5.41) is 3.35. The van der Waals surface area contributed by atoms with Crippen LogP contribution < -0.4 is 19.7 Å². The maximum absolute atomic E-state index is 13.3. The second-order valence-electron chi connectivity index (χ2n) is 8.20. The monoisotopic (exact) mass is 394 g/mol. The van der Waals surface area contributed by atoms with Crippen LogP contribution >= 0.6 is 0 Å². The van der Waals surface area contributed by atoms with E-state index < -0.39 is 5.41 Å². The Morgan fingerprint density at radius 2 is 1.86 bits per heavy atom. The smallest absolute Gasteiger partial charge is 0.230 e. The van der Waals surface area contributed by atoms with Crippen molar-refractivity contribution < 1.29 is 14.3 Å². The molecule has 1 atom stereocenters. The summed E-state index contributed by atoms with van der Waals surface area (Å²) in [5.74, 6) is 1.88. The van der Waals surface area contributed by atoms with Gasteiger partial charge in [-0.15, -0.1) is 0 Å². The van der Waals surface area contributed by atoms with Crippen LogP contribution in [0, 0.1) is 6.92 Å². The van der Waals surface area contributed by atoms with E-state index in [0.29, 0.717) is 0 Å². The van der Waals surface area contributed by atoms with Gasteiger partial charge < -0.3 is 19.7 Å². The highest BCUT2D eigenvalue weighted by molar-refractivity contribution is 5.91. The Balaban J connectivity index is 1.47. The van der Waals surface area contributed by atoms with Crippen LogP contribution in [0.2, 0.25) is 0 Å². The lowest BCUT2D eigenvalue weighted by Gasteiger charge is -2.36. The van der Waals surface area contributed by atoms with Gasteiger partial charge in [0.05, 0.1) is 25.3 Å². The van der Waals surface area contributed by atoms with Crippen LogP contribution in [0.25, 0.3) is 0 Å². The first kappa shape index (κ1) is 19.6. The van der Waals surface area contributed by atoms with Crippen molar-refractivity contribution in [1.29, 1.82) is 0 Å². The number of ether oxygens (including phenoxy) is 2. The molecular weight excluding hydrogens is 364 g/mol. The quantitative estimate of drug-likeness (QED) is 0.809. The Labute approximate surface area is 173 Å². The second-order valence-corrected chi connectivity index (χ2v) is 8.20. The highest BCUT2D eigenvalue weighted by atomic mass is 16.5. The molecule has 2 aromatic carbocycles. The fourth-order valence-corrected chi connectivity index (χ4v) is 4.42. The van der Waals surface area contributed by atoms with Crippen molar-refractivity contribution in [3.63, 3.8) is 0 Å². The van der Waals surface area contributed by atoms with E-state index in [0.717, 1.165) is 67.1 Å². The summed E-state index contributed by atoms with van der Waals surface area (Å²) < 4.78 is 11.0. The molecule has 1 aliphatic carbocycles. The van der Waals surface area contributed by atoms with Gasteiger partial charge in [-0.2, -0.15) is 0 Å². The maximum atomic E-state index is 13.3. The molecule has 4 rings (SSSR count). The van der Waals surface area contributed by atoms with Crippen LogP contribution in [0.4, 0.5) is 5.69 Å². The fourth-order valence-electron chi connectivity index (χ4n) is 4.42. The molecule has 29 heavy (non-hydrogen) atoms. The van der Waals surface area contributed by atoms with Crippen LogP contribution in [0.3, 0.4) is 0 Å². The summed E-state index contributed by atoms with van der Waals surface area (Å²) in [6.07, 6.45) is 3.85. The molecule has 1 saturated carbocycles. The van der Waals surface area contributed by atoms with Gasteiger partial charge in [-0.1, -0.05) is 24.3 Å². The van der Waals surface area contributed by atoms with Crippen molar-refractivity contribution in [3.05, 3.63) is 53.6 Å². The first-order valence-corrected chi connectivity index (χ1v) is 10.4. The number of amides is 1. The zero-order valence-electron chi connectivity index (χ0n) is 17.5. The fraction of sp³-hybridized carbons (Fsp3) is 0.458. The van der Waals surface area contributed by atoms with Crippen LogP contribution in [0.1, 0.15) is 36.8 Å². The van der Waals surface area contributed by atoms with Crippen molar-refractivity contribution in [3.8, 4) is 11.5 Å². The van der Waals surface area contributed by atoms with Gasteiger partial charge in [-0.3, -0.25) is 4.79 Å². The summed E-state index contributed by atoms with van der Waals surface area (Å²) >= 11 is 0. The SMILES string of the molecule is COc1cc(C2(C(=O)NC3CCCN(c4ccccc4OC)C3)CC2)ccc1C. The zero-order valence-corrected chi connectivity index (χ0v) is 17.5. The number of hydrogen-bond acceptors (Lipinski definition) is 4. The molecule has 0 bridgehead atoms. The number of rotatable bonds is 6. The minimum atomic E-state index is -0.395. The van der Waals surface area contributed by atoms with Crippen LogP contribution in [0.5, 0.6) is 11.5 Å². The molecule has 1 unspecified atom stereocenters. The van der Waals surface area contributed by atoms with E-state index in [-0.39, 0.29) is 11.9 Å². The summed E-state index contributed by atoms with van der Waals surface area (Å²) in [5.41, 5.74) is 2.86. The second kappa shape index (κ2) is 7.97. The van der Waals surface area contributed by atoms with Gasteiger partial charge >= 0.3 is 0 Å². The molecule has 0 aromatic heterocycles. The minimum Gasteiger partial charge on any atom is -0.496 e. The van der Waals surface area contributed by atoms with E-state index in [9.17, 15) is 4.79 Å². The number of aryl methyl sites for hydroxylation is 1. The number of carbonyl (C=O) groups is 1. The van der Waals surface area contributed by atoms with Crippen molar-refractivity contribution in [2.45, 2.75) is 44.1 Å². The molecule has 1 heterocycles. The average Bonchev–Trinajstić information content (AvgIpc) is 3.56. The van der Waals surface area contributed by atoms with Crippen molar-refractivity contribution >= 4 is 11.6 Å². The van der Waals surface area contributed by atoms with E-state index >= 15 is 0 Å². The lowest BCUT2D eigenvalue weighted by molar-refractivity contribution is -0.124. The number of piperidine rings is 1. The molecule has 5 nitrogen and oxygen atoms in total. The Bertz CT molecular complexity index is 891. The number of carbonyl (C=O) groups excluding carboxylic acids is 1. The van der Waals surface area contributed by atoms with Gasteiger partial charge in [0, 0.05) is 19.1 Å². The third-order valence-electron chi connectivity index (χ3n) is 6.33. The minimum absolute atomic E-state index is 0.144. The highest BCUT2D eigenvalue weighted by Crippen LogP contribution is 2.49. The summed E-state index contributed by atoms with van der Waals surface area (Å²) in [6.45, 7) is 3.81. The third kappa shape index (κ3) is 3.78. The molecule has 154 valence electrons. The van der Waals surface area contributed by atoms with Gasteiger partial charge in [0.1, 0.15) is 11.5 Å². The normalized spacial score (nSPS) is 20.1. The molecule has 1 aliphatic heterocycles. The summed E-state index contributed by atoms with van der Waals surface area (Å²) in [6, 6.07) is 14.4. The molecule has 1 amide bonds. The molecule has 2 aliphatic rings. The number of para-hydroxylation sites is 2. The first-order chi connectivity index (χ1) is 14.1. The van der Waals surface area contributed by atoms with Crippen LogP contribution in [-0.4, -0.2) is 39.3 Å². The van der Waals surface area contributed by atoms with Crippen LogP contribution in [-0.2, 0) is 10.2 Å². The number of nitrogens with one attached hydrogen (secondary N) is 1. The molecule has 1 N–H and O–H groups in total. The molecule has 2 aromatic rings. The predicted octanol–water partition coefficient (Wildman–Crippen LogP) is 3.83.